The first-order valence-electron chi connectivity index (χ1n) is 8.20. The Bertz CT molecular complexity index is 988. The van der Waals surface area contributed by atoms with Gasteiger partial charge in [0.2, 0.25) is 0 Å². The fourth-order valence-electron chi connectivity index (χ4n) is 3.07. The van der Waals surface area contributed by atoms with Crippen molar-refractivity contribution < 1.29 is 4.39 Å². The molecule has 0 saturated heterocycles. The summed E-state index contributed by atoms with van der Waals surface area (Å²) in [5.41, 5.74) is 6.04. The van der Waals surface area contributed by atoms with Gasteiger partial charge in [0.25, 0.3) is 0 Å². The van der Waals surface area contributed by atoms with Crippen molar-refractivity contribution in [3.8, 4) is 28.2 Å². The van der Waals surface area contributed by atoms with Crippen LogP contribution in [0.3, 0.4) is 0 Å². The number of benzene rings is 3. The van der Waals surface area contributed by atoms with Crippen LogP contribution in [0.1, 0.15) is 5.56 Å². The largest absolute Gasteiger partial charge is 0.232 e. The van der Waals surface area contributed by atoms with Gasteiger partial charge in [-0.15, -0.1) is 0 Å². The first-order chi connectivity index (χ1) is 12.2. The summed E-state index contributed by atoms with van der Waals surface area (Å²) < 4.78 is 15.2. The fourth-order valence-corrected chi connectivity index (χ4v) is 3.07. The molecular weight excluding hydrogens is 311 g/mol. The Balaban J connectivity index is 1.97. The Morgan fingerprint density at radius 3 is 1.88 bits per heavy atom. The Morgan fingerprint density at radius 1 is 0.720 bits per heavy atom. The second kappa shape index (κ2) is 6.36. The number of nitrogens with zero attached hydrogens (tertiary/aromatic N) is 2. The van der Waals surface area contributed by atoms with Gasteiger partial charge in [0.15, 0.2) is 0 Å². The molecule has 0 atom stereocenters. The van der Waals surface area contributed by atoms with Crippen LogP contribution in [-0.2, 0) is 0 Å². The van der Waals surface area contributed by atoms with Crippen molar-refractivity contribution in [2.24, 2.45) is 0 Å². The van der Waals surface area contributed by atoms with E-state index in [9.17, 15) is 4.39 Å². The zero-order valence-corrected chi connectivity index (χ0v) is 13.9. The van der Waals surface area contributed by atoms with Gasteiger partial charge >= 0.3 is 0 Å². The second-order valence-electron chi connectivity index (χ2n) is 5.94. The maximum absolute atomic E-state index is 13.3. The van der Waals surface area contributed by atoms with Crippen LogP contribution in [0.5, 0.6) is 0 Å². The zero-order chi connectivity index (χ0) is 17.2. The molecule has 0 N–H and O–H groups in total. The fraction of sp³-hybridized carbons (Fsp3) is 0.0455. The third-order valence-electron chi connectivity index (χ3n) is 4.29. The Kier molecular flexibility index (Phi) is 3.90. The van der Waals surface area contributed by atoms with Crippen molar-refractivity contribution in [1.82, 2.24) is 9.78 Å². The van der Waals surface area contributed by atoms with Gasteiger partial charge in [-0.1, -0.05) is 60.7 Å². The van der Waals surface area contributed by atoms with E-state index in [0.29, 0.717) is 0 Å². The van der Waals surface area contributed by atoms with E-state index < -0.39 is 0 Å². The predicted octanol–water partition coefficient (Wildman–Crippen LogP) is 5.65. The molecule has 2 nitrogen and oxygen atoms in total. The van der Waals surface area contributed by atoms with Crippen LogP contribution in [0.4, 0.5) is 4.39 Å². The molecule has 4 aromatic rings. The smallest absolute Gasteiger partial charge is 0.123 e. The number of hydrogen-bond donors (Lipinski definition) is 0. The molecule has 25 heavy (non-hydrogen) atoms. The maximum atomic E-state index is 13.3. The molecule has 0 fully saturated rings. The lowest BCUT2D eigenvalue weighted by Crippen LogP contribution is -1.99. The first-order valence-corrected chi connectivity index (χ1v) is 8.20. The minimum Gasteiger partial charge on any atom is -0.232 e. The average Bonchev–Trinajstić information content (AvgIpc) is 3.01. The van der Waals surface area contributed by atoms with E-state index >= 15 is 0 Å². The van der Waals surface area contributed by atoms with E-state index in [1.165, 1.54) is 12.1 Å². The van der Waals surface area contributed by atoms with Crippen LogP contribution in [0, 0.1) is 12.7 Å². The maximum Gasteiger partial charge on any atom is 0.123 e. The quantitative estimate of drug-likeness (QED) is 0.475. The average molecular weight is 328 g/mol. The van der Waals surface area contributed by atoms with E-state index in [2.05, 4.69) is 31.2 Å². The number of rotatable bonds is 3. The molecule has 0 bridgehead atoms. The summed E-state index contributed by atoms with van der Waals surface area (Å²) in [4.78, 5) is 0. The molecule has 0 spiro atoms. The van der Waals surface area contributed by atoms with Gasteiger partial charge in [-0.25, -0.2) is 9.07 Å². The summed E-state index contributed by atoms with van der Waals surface area (Å²) in [7, 11) is 0. The van der Waals surface area contributed by atoms with Crippen LogP contribution in [0.15, 0.2) is 84.9 Å². The molecule has 0 aliphatic heterocycles. The summed E-state index contributed by atoms with van der Waals surface area (Å²) in [5, 5.41) is 4.85. The minimum absolute atomic E-state index is 0.253. The molecule has 3 heteroatoms. The van der Waals surface area contributed by atoms with Gasteiger partial charge in [0.05, 0.1) is 17.1 Å². The summed E-state index contributed by atoms with van der Waals surface area (Å²) in [6.07, 6.45) is 0. The first kappa shape index (κ1) is 15.3. The van der Waals surface area contributed by atoms with Gasteiger partial charge in [0, 0.05) is 16.7 Å². The van der Waals surface area contributed by atoms with Crippen LogP contribution in [0.2, 0.25) is 0 Å². The van der Waals surface area contributed by atoms with Crippen molar-refractivity contribution in [2.75, 3.05) is 0 Å². The van der Waals surface area contributed by atoms with Crippen LogP contribution < -0.4 is 0 Å². The Morgan fingerprint density at radius 2 is 1.28 bits per heavy atom. The van der Waals surface area contributed by atoms with Gasteiger partial charge in [-0.2, -0.15) is 5.10 Å². The van der Waals surface area contributed by atoms with E-state index in [1.807, 2.05) is 41.1 Å². The van der Waals surface area contributed by atoms with Crippen molar-refractivity contribution >= 4 is 0 Å². The van der Waals surface area contributed by atoms with E-state index in [1.54, 1.807) is 12.1 Å². The SMILES string of the molecule is Cc1c(-c2ccccc2)nn(-c2ccc(F)cc2)c1-c1ccccc1. The van der Waals surface area contributed by atoms with Crippen LogP contribution in [0.25, 0.3) is 28.2 Å². The zero-order valence-electron chi connectivity index (χ0n) is 13.9. The molecule has 3 aromatic carbocycles. The van der Waals surface area contributed by atoms with Crippen molar-refractivity contribution in [2.45, 2.75) is 6.92 Å². The van der Waals surface area contributed by atoms with Crippen LogP contribution >= 0.6 is 0 Å². The number of hydrogen-bond acceptors (Lipinski definition) is 1. The summed E-state index contributed by atoms with van der Waals surface area (Å²) >= 11 is 0. The molecule has 1 aromatic heterocycles. The molecule has 1 heterocycles. The Labute approximate surface area is 146 Å². The lowest BCUT2D eigenvalue weighted by molar-refractivity contribution is 0.627. The number of aromatic nitrogens is 2. The molecule has 0 radical (unpaired) electrons. The highest BCUT2D eigenvalue weighted by Gasteiger charge is 2.18. The predicted molar refractivity (Wildman–Crippen MR) is 99.1 cm³/mol. The van der Waals surface area contributed by atoms with Gasteiger partial charge in [-0.3, -0.25) is 0 Å². The summed E-state index contributed by atoms with van der Waals surface area (Å²) in [5.74, 6) is -0.253. The molecule has 122 valence electrons. The summed E-state index contributed by atoms with van der Waals surface area (Å²) in [6.45, 7) is 2.08. The second-order valence-corrected chi connectivity index (χ2v) is 5.94. The van der Waals surface area contributed by atoms with Gasteiger partial charge < -0.3 is 0 Å². The lowest BCUT2D eigenvalue weighted by atomic mass is 10.0. The monoisotopic (exact) mass is 328 g/mol. The highest BCUT2D eigenvalue weighted by Crippen LogP contribution is 2.33. The minimum atomic E-state index is -0.253. The molecular formula is C22H17FN2. The summed E-state index contributed by atoms with van der Waals surface area (Å²) in [6, 6.07) is 26.7. The highest BCUT2D eigenvalue weighted by molar-refractivity contribution is 5.75. The third-order valence-corrected chi connectivity index (χ3v) is 4.29. The molecule has 0 aliphatic carbocycles. The molecule has 4 rings (SSSR count). The van der Waals surface area contributed by atoms with E-state index in [4.69, 9.17) is 5.10 Å². The Hall–Kier alpha value is -3.20. The van der Waals surface area contributed by atoms with Crippen molar-refractivity contribution in [3.63, 3.8) is 0 Å². The third kappa shape index (κ3) is 2.85. The molecule has 0 saturated carbocycles. The van der Waals surface area contributed by atoms with Gasteiger partial charge in [0.1, 0.15) is 5.82 Å². The van der Waals surface area contributed by atoms with E-state index in [-0.39, 0.29) is 5.82 Å². The lowest BCUT2D eigenvalue weighted by Gasteiger charge is -2.08. The highest BCUT2D eigenvalue weighted by atomic mass is 19.1. The molecule has 0 aliphatic rings. The van der Waals surface area contributed by atoms with Crippen molar-refractivity contribution in [1.29, 1.82) is 0 Å². The number of halogens is 1. The van der Waals surface area contributed by atoms with Crippen molar-refractivity contribution in [3.05, 3.63) is 96.3 Å². The molecule has 0 amide bonds. The standard InChI is InChI=1S/C22H17FN2/c1-16-21(17-8-4-2-5-9-17)24-25(20-14-12-19(23)13-15-20)22(16)18-10-6-3-7-11-18/h2-15H,1H3. The topological polar surface area (TPSA) is 17.8 Å². The van der Waals surface area contributed by atoms with Crippen LogP contribution in [-0.4, -0.2) is 9.78 Å². The normalized spacial score (nSPS) is 10.8. The van der Waals surface area contributed by atoms with Gasteiger partial charge in [-0.05, 0) is 31.2 Å². The molecule has 0 unspecified atom stereocenters. The van der Waals surface area contributed by atoms with E-state index in [0.717, 1.165) is 33.8 Å².